The van der Waals surface area contributed by atoms with E-state index >= 15 is 0 Å². The largest absolute Gasteiger partial charge is 0.286 e. The van der Waals surface area contributed by atoms with E-state index in [1.54, 1.807) is 6.08 Å². The molecule has 0 saturated carbocycles. The van der Waals surface area contributed by atoms with Crippen LogP contribution >= 0.6 is 0 Å². The van der Waals surface area contributed by atoms with Crippen LogP contribution in [0.5, 0.6) is 0 Å². The molecule has 0 aromatic heterocycles. The molecule has 74 valence electrons. The van der Waals surface area contributed by atoms with Crippen LogP contribution in [-0.4, -0.2) is 22.7 Å². The zero-order valence-electron chi connectivity index (χ0n) is 8.12. The normalized spacial score (nSPS) is 29.1. The van der Waals surface area contributed by atoms with Crippen molar-refractivity contribution >= 4 is 5.91 Å². The number of hydroxylamine groups is 2. The van der Waals surface area contributed by atoms with Gasteiger partial charge in [-0.05, 0) is 25.7 Å². The summed E-state index contributed by atoms with van der Waals surface area (Å²) < 4.78 is 0. The topological polar surface area (TPSA) is 40.5 Å². The van der Waals surface area contributed by atoms with Gasteiger partial charge >= 0.3 is 0 Å². The predicted molar refractivity (Wildman–Crippen MR) is 50.3 cm³/mol. The summed E-state index contributed by atoms with van der Waals surface area (Å²) in [6.45, 7) is 6.11. The molecule has 0 aromatic rings. The Morgan fingerprint density at radius 2 is 2.46 bits per heavy atom. The van der Waals surface area contributed by atoms with E-state index in [-0.39, 0.29) is 11.3 Å². The second-order valence-corrected chi connectivity index (χ2v) is 3.66. The van der Waals surface area contributed by atoms with Crippen molar-refractivity contribution in [3.63, 3.8) is 0 Å². The number of allylic oxidation sites excluding steroid dienone is 1. The van der Waals surface area contributed by atoms with Gasteiger partial charge in [0.05, 0.1) is 5.41 Å². The van der Waals surface area contributed by atoms with Gasteiger partial charge in [-0.25, -0.2) is 5.06 Å². The van der Waals surface area contributed by atoms with E-state index < -0.39 is 0 Å². The molecule has 0 radical (unpaired) electrons. The van der Waals surface area contributed by atoms with Crippen molar-refractivity contribution in [3.8, 4) is 0 Å². The SMILES string of the molecule is C=CC[C@]1(CC)CCCN(O)C1=O. The Labute approximate surface area is 79.0 Å². The Hall–Kier alpha value is -0.830. The minimum absolute atomic E-state index is 0.138. The minimum Gasteiger partial charge on any atom is -0.286 e. The van der Waals surface area contributed by atoms with Gasteiger partial charge in [0.1, 0.15) is 0 Å². The molecule has 1 aliphatic heterocycles. The van der Waals surface area contributed by atoms with Crippen LogP contribution in [0.15, 0.2) is 12.7 Å². The van der Waals surface area contributed by atoms with E-state index in [1.807, 2.05) is 6.92 Å². The van der Waals surface area contributed by atoms with Gasteiger partial charge in [0.2, 0.25) is 0 Å². The van der Waals surface area contributed by atoms with E-state index in [9.17, 15) is 10.0 Å². The standard InChI is InChI=1S/C10H17NO2/c1-3-6-10(4-2)7-5-8-11(13)9(10)12/h3,13H,1,4-8H2,2H3/t10-/m1/s1. The summed E-state index contributed by atoms with van der Waals surface area (Å²) in [5.41, 5.74) is -0.380. The first-order valence-electron chi connectivity index (χ1n) is 4.78. The Morgan fingerprint density at radius 3 is 3.00 bits per heavy atom. The smallest absolute Gasteiger partial charge is 0.252 e. The second-order valence-electron chi connectivity index (χ2n) is 3.66. The molecule has 1 rings (SSSR count). The zero-order chi connectivity index (χ0) is 9.90. The molecule has 0 spiro atoms. The molecule has 0 aromatic carbocycles. The molecule has 1 fully saturated rings. The molecule has 3 nitrogen and oxygen atoms in total. The van der Waals surface area contributed by atoms with Crippen LogP contribution in [0.1, 0.15) is 32.6 Å². The number of carbonyl (C=O) groups is 1. The fraction of sp³-hybridized carbons (Fsp3) is 0.700. The lowest BCUT2D eigenvalue weighted by Crippen LogP contribution is -2.46. The Morgan fingerprint density at radius 1 is 1.77 bits per heavy atom. The number of hydrogen-bond donors (Lipinski definition) is 1. The fourth-order valence-corrected chi connectivity index (χ4v) is 1.99. The average molecular weight is 183 g/mol. The van der Waals surface area contributed by atoms with Crippen molar-refractivity contribution in [2.45, 2.75) is 32.6 Å². The highest BCUT2D eigenvalue weighted by molar-refractivity contribution is 5.82. The molecule has 0 unspecified atom stereocenters. The summed E-state index contributed by atoms with van der Waals surface area (Å²) in [6.07, 6.45) is 4.95. The van der Waals surface area contributed by atoms with Crippen LogP contribution < -0.4 is 0 Å². The van der Waals surface area contributed by atoms with Gasteiger partial charge in [-0.2, -0.15) is 0 Å². The number of hydrogen-bond acceptors (Lipinski definition) is 2. The molecule has 3 heteroatoms. The Bertz CT molecular complexity index is 215. The molecule has 1 saturated heterocycles. The maximum atomic E-state index is 11.7. The van der Waals surface area contributed by atoms with Gasteiger partial charge in [0.15, 0.2) is 0 Å². The molecular weight excluding hydrogens is 166 g/mol. The second kappa shape index (κ2) is 3.92. The van der Waals surface area contributed by atoms with Crippen LogP contribution in [0.4, 0.5) is 0 Å². The van der Waals surface area contributed by atoms with Crippen LogP contribution in [0.2, 0.25) is 0 Å². The summed E-state index contributed by atoms with van der Waals surface area (Å²) in [4.78, 5) is 11.7. The summed E-state index contributed by atoms with van der Waals surface area (Å²) in [6, 6.07) is 0. The first kappa shape index (κ1) is 10.3. The van der Waals surface area contributed by atoms with Crippen molar-refractivity contribution in [2.75, 3.05) is 6.54 Å². The van der Waals surface area contributed by atoms with Gasteiger partial charge < -0.3 is 0 Å². The van der Waals surface area contributed by atoms with Gasteiger partial charge in [0.25, 0.3) is 5.91 Å². The molecule has 1 heterocycles. The Kier molecular flexibility index (Phi) is 3.09. The zero-order valence-corrected chi connectivity index (χ0v) is 8.12. The number of carbonyl (C=O) groups excluding carboxylic acids is 1. The van der Waals surface area contributed by atoms with E-state index in [1.165, 1.54) is 0 Å². The highest BCUT2D eigenvalue weighted by Crippen LogP contribution is 2.37. The van der Waals surface area contributed by atoms with Crippen molar-refractivity contribution in [2.24, 2.45) is 5.41 Å². The molecule has 1 atom stereocenters. The van der Waals surface area contributed by atoms with Gasteiger partial charge in [-0.3, -0.25) is 10.0 Å². The molecule has 0 aliphatic carbocycles. The highest BCUT2D eigenvalue weighted by Gasteiger charge is 2.40. The molecule has 0 bridgehead atoms. The lowest BCUT2D eigenvalue weighted by Gasteiger charge is -2.37. The molecular formula is C10H17NO2. The number of amides is 1. The minimum atomic E-state index is -0.380. The first-order valence-corrected chi connectivity index (χ1v) is 4.78. The number of nitrogens with zero attached hydrogens (tertiary/aromatic N) is 1. The van der Waals surface area contributed by atoms with Gasteiger partial charge in [0, 0.05) is 6.54 Å². The van der Waals surface area contributed by atoms with Crippen molar-refractivity contribution in [1.82, 2.24) is 5.06 Å². The first-order chi connectivity index (χ1) is 6.16. The lowest BCUT2D eigenvalue weighted by molar-refractivity contribution is -0.185. The molecule has 1 amide bonds. The average Bonchev–Trinajstić information content (AvgIpc) is 2.13. The Balaban J connectivity index is 2.82. The van der Waals surface area contributed by atoms with E-state index in [0.717, 1.165) is 24.3 Å². The maximum absolute atomic E-state index is 11.7. The molecule has 1 aliphatic rings. The fourth-order valence-electron chi connectivity index (χ4n) is 1.99. The quantitative estimate of drug-likeness (QED) is 0.537. The summed E-state index contributed by atoms with van der Waals surface area (Å²) in [5.74, 6) is -0.138. The summed E-state index contributed by atoms with van der Waals surface area (Å²) >= 11 is 0. The van der Waals surface area contributed by atoms with Crippen LogP contribution in [0, 0.1) is 5.41 Å². The number of rotatable bonds is 3. The van der Waals surface area contributed by atoms with E-state index in [2.05, 4.69) is 6.58 Å². The third-order valence-electron chi connectivity index (χ3n) is 2.93. The van der Waals surface area contributed by atoms with Crippen molar-refractivity contribution < 1.29 is 10.0 Å². The number of piperidine rings is 1. The third kappa shape index (κ3) is 1.75. The maximum Gasteiger partial charge on any atom is 0.252 e. The van der Waals surface area contributed by atoms with Gasteiger partial charge in [-0.1, -0.05) is 13.0 Å². The van der Waals surface area contributed by atoms with Crippen molar-refractivity contribution in [1.29, 1.82) is 0 Å². The molecule has 13 heavy (non-hydrogen) atoms. The van der Waals surface area contributed by atoms with E-state index in [0.29, 0.717) is 13.0 Å². The van der Waals surface area contributed by atoms with E-state index in [4.69, 9.17) is 0 Å². The third-order valence-corrected chi connectivity index (χ3v) is 2.93. The van der Waals surface area contributed by atoms with Crippen LogP contribution in [0.25, 0.3) is 0 Å². The molecule has 1 N–H and O–H groups in total. The highest BCUT2D eigenvalue weighted by atomic mass is 16.5. The van der Waals surface area contributed by atoms with Crippen molar-refractivity contribution in [3.05, 3.63) is 12.7 Å². The summed E-state index contributed by atoms with van der Waals surface area (Å²) in [7, 11) is 0. The predicted octanol–water partition coefficient (Wildman–Crippen LogP) is 1.97. The summed E-state index contributed by atoms with van der Waals surface area (Å²) in [5, 5.41) is 10.2. The van der Waals surface area contributed by atoms with Gasteiger partial charge in [-0.15, -0.1) is 6.58 Å². The van der Waals surface area contributed by atoms with Crippen LogP contribution in [0.3, 0.4) is 0 Å². The monoisotopic (exact) mass is 183 g/mol. The lowest BCUT2D eigenvalue weighted by atomic mass is 9.75. The van der Waals surface area contributed by atoms with Crippen LogP contribution in [-0.2, 0) is 4.79 Å².